The Morgan fingerprint density at radius 3 is 2.62 bits per heavy atom. The van der Waals surface area contributed by atoms with E-state index in [-0.39, 0.29) is 5.78 Å². The first-order valence-electron chi connectivity index (χ1n) is 6.92. The summed E-state index contributed by atoms with van der Waals surface area (Å²) in [6, 6.07) is 4.41. The number of Topliss-reactive ketones (excluding diaryl/α,β-unsaturated/α-hetero) is 1. The highest BCUT2D eigenvalue weighted by Gasteiger charge is 2.49. The van der Waals surface area contributed by atoms with Crippen LogP contribution in [0, 0.1) is 0 Å². The van der Waals surface area contributed by atoms with Crippen LogP contribution in [0.2, 0.25) is 0 Å². The van der Waals surface area contributed by atoms with Gasteiger partial charge < -0.3 is 8.75 Å². The lowest BCUT2D eigenvalue weighted by atomic mass is 10.1. The predicted molar refractivity (Wildman–Crippen MR) is 82.9 cm³/mol. The van der Waals surface area contributed by atoms with Gasteiger partial charge in [0.05, 0.1) is 5.52 Å². The van der Waals surface area contributed by atoms with E-state index < -0.39 is 21.5 Å². The fourth-order valence-electron chi connectivity index (χ4n) is 2.52. The van der Waals surface area contributed by atoms with Gasteiger partial charge >= 0.3 is 15.6 Å². The first-order chi connectivity index (χ1) is 11.1. The van der Waals surface area contributed by atoms with Crippen LogP contribution in [0.5, 0.6) is 5.88 Å². The lowest BCUT2D eigenvalue weighted by Gasteiger charge is -2.12. The van der Waals surface area contributed by atoms with Crippen LogP contribution >= 0.6 is 11.8 Å². The molecule has 0 N–H and O–H groups in total. The van der Waals surface area contributed by atoms with Gasteiger partial charge in [0, 0.05) is 28.5 Å². The molecule has 0 amide bonds. The molecule has 0 radical (unpaired) electrons. The van der Waals surface area contributed by atoms with Gasteiger partial charge in [0.2, 0.25) is 5.88 Å². The van der Waals surface area contributed by atoms with Gasteiger partial charge in [-0.1, -0.05) is 0 Å². The number of halogens is 3. The summed E-state index contributed by atoms with van der Waals surface area (Å²) in [6.07, 6.45) is 0.626. The van der Waals surface area contributed by atoms with Crippen molar-refractivity contribution in [2.45, 2.75) is 30.3 Å². The van der Waals surface area contributed by atoms with Crippen molar-refractivity contribution in [1.82, 2.24) is 4.57 Å². The van der Waals surface area contributed by atoms with E-state index in [0.717, 1.165) is 4.90 Å². The van der Waals surface area contributed by atoms with E-state index in [2.05, 4.69) is 4.18 Å². The van der Waals surface area contributed by atoms with Crippen LogP contribution in [-0.4, -0.2) is 30.0 Å². The molecule has 0 saturated heterocycles. The molecule has 1 aromatic heterocycles. The molecule has 1 aliphatic heterocycles. The van der Waals surface area contributed by atoms with Gasteiger partial charge in [-0.15, -0.1) is 11.8 Å². The topological polar surface area (TPSA) is 65.4 Å². The smallest absolute Gasteiger partial charge is 0.357 e. The minimum atomic E-state index is -5.75. The number of benzene rings is 1. The number of carbonyl (C=O) groups excluding carboxylic acids is 1. The molecule has 0 bridgehead atoms. The molecule has 0 fully saturated rings. The summed E-state index contributed by atoms with van der Waals surface area (Å²) in [7, 11) is -5.75. The average molecular weight is 379 g/mol. The summed E-state index contributed by atoms with van der Waals surface area (Å²) in [5.74, 6) is 0.117. The van der Waals surface area contributed by atoms with Crippen molar-refractivity contribution in [1.29, 1.82) is 0 Å². The SMILES string of the molecule is CC(=O)c1cc2c3c(c1)cc(OS(=O)(=O)C(F)(F)F)n3CCCS2. The number of thioether (sulfide) groups is 1. The summed E-state index contributed by atoms with van der Waals surface area (Å²) < 4.78 is 66.1. The minimum Gasteiger partial charge on any atom is -0.357 e. The van der Waals surface area contributed by atoms with Crippen LogP contribution in [0.4, 0.5) is 13.2 Å². The van der Waals surface area contributed by atoms with Crippen molar-refractivity contribution in [3.8, 4) is 5.88 Å². The Morgan fingerprint density at radius 1 is 1.29 bits per heavy atom. The highest BCUT2D eigenvalue weighted by molar-refractivity contribution is 7.99. The number of aryl methyl sites for hydroxylation is 1. The lowest BCUT2D eigenvalue weighted by Crippen LogP contribution is -2.28. The number of rotatable bonds is 3. The maximum atomic E-state index is 12.6. The Morgan fingerprint density at radius 2 is 2.00 bits per heavy atom. The zero-order chi connectivity index (χ0) is 17.7. The van der Waals surface area contributed by atoms with Gasteiger partial charge in [-0.3, -0.25) is 4.79 Å². The van der Waals surface area contributed by atoms with E-state index in [4.69, 9.17) is 0 Å². The monoisotopic (exact) mass is 379 g/mol. The Balaban J connectivity index is 2.20. The van der Waals surface area contributed by atoms with Crippen molar-refractivity contribution in [3.05, 3.63) is 23.8 Å². The van der Waals surface area contributed by atoms with E-state index in [1.807, 2.05) is 0 Å². The van der Waals surface area contributed by atoms with Gasteiger partial charge in [-0.2, -0.15) is 21.6 Å². The van der Waals surface area contributed by atoms with Crippen LogP contribution in [0.3, 0.4) is 0 Å². The van der Waals surface area contributed by atoms with Crippen LogP contribution < -0.4 is 4.18 Å². The number of hydrogen-bond acceptors (Lipinski definition) is 5. The standard InChI is InChI=1S/C14H12F3NO4S2/c1-8(19)9-5-10-7-12(22-24(20,21)14(15,16)17)18-3-2-4-23-11(6-9)13(10)18/h5-7H,2-4H2,1H3. The molecule has 0 aliphatic carbocycles. The second-order valence-electron chi connectivity index (χ2n) is 5.29. The fourth-order valence-corrected chi connectivity index (χ4v) is 4.04. The predicted octanol–water partition coefficient (Wildman–Crippen LogP) is 3.57. The number of ketones is 1. The molecule has 0 atom stereocenters. The Kier molecular flexibility index (Phi) is 4.07. The van der Waals surface area contributed by atoms with E-state index in [9.17, 15) is 26.4 Å². The maximum Gasteiger partial charge on any atom is 0.534 e. The number of carbonyl (C=O) groups is 1. The average Bonchev–Trinajstić information content (AvgIpc) is 2.65. The molecule has 0 unspecified atom stereocenters. The molecule has 0 spiro atoms. The van der Waals surface area contributed by atoms with E-state index in [1.54, 1.807) is 6.07 Å². The van der Waals surface area contributed by atoms with Crippen molar-refractivity contribution >= 4 is 38.6 Å². The van der Waals surface area contributed by atoms with Gasteiger partial charge in [0.1, 0.15) is 0 Å². The molecule has 10 heteroatoms. The van der Waals surface area contributed by atoms with E-state index in [0.29, 0.717) is 35.2 Å². The molecule has 1 aliphatic rings. The number of alkyl halides is 3. The van der Waals surface area contributed by atoms with Gasteiger partial charge in [0.15, 0.2) is 5.78 Å². The molecule has 130 valence electrons. The van der Waals surface area contributed by atoms with Crippen molar-refractivity contribution in [3.63, 3.8) is 0 Å². The zero-order valence-corrected chi connectivity index (χ0v) is 14.0. The summed E-state index contributed by atoms with van der Waals surface area (Å²) in [5, 5.41) is 0.472. The second-order valence-corrected chi connectivity index (χ2v) is 7.96. The van der Waals surface area contributed by atoms with E-state index in [1.165, 1.54) is 35.4 Å². The first-order valence-corrected chi connectivity index (χ1v) is 9.31. The third-order valence-electron chi connectivity index (χ3n) is 3.59. The third-order valence-corrected chi connectivity index (χ3v) is 5.66. The fraction of sp³-hybridized carbons (Fsp3) is 0.357. The Hall–Kier alpha value is -1.68. The molecule has 2 heterocycles. The van der Waals surface area contributed by atoms with Gasteiger partial charge in [0.25, 0.3) is 0 Å². The minimum absolute atomic E-state index is 0.184. The molecule has 5 nitrogen and oxygen atoms in total. The Labute approximate surface area is 139 Å². The molecule has 1 aromatic carbocycles. The Bertz CT molecular complexity index is 932. The van der Waals surface area contributed by atoms with Crippen LogP contribution in [0.1, 0.15) is 23.7 Å². The highest BCUT2D eigenvalue weighted by atomic mass is 32.2. The summed E-state index contributed by atoms with van der Waals surface area (Å²) >= 11 is 1.47. The first kappa shape index (κ1) is 17.2. The zero-order valence-electron chi connectivity index (χ0n) is 12.4. The number of aromatic nitrogens is 1. The number of nitrogens with zero attached hydrogens (tertiary/aromatic N) is 1. The molecular weight excluding hydrogens is 367 g/mol. The van der Waals surface area contributed by atoms with E-state index >= 15 is 0 Å². The van der Waals surface area contributed by atoms with Crippen molar-refractivity contribution in [2.24, 2.45) is 0 Å². The molecule has 2 aromatic rings. The normalized spacial score (nSPS) is 15.3. The van der Waals surface area contributed by atoms with Gasteiger partial charge in [-0.05, 0) is 31.2 Å². The lowest BCUT2D eigenvalue weighted by molar-refractivity contribution is -0.0502. The molecule has 24 heavy (non-hydrogen) atoms. The summed E-state index contributed by atoms with van der Waals surface area (Å²) in [5.41, 5.74) is -4.51. The largest absolute Gasteiger partial charge is 0.534 e. The molecular formula is C14H12F3NO4S2. The maximum absolute atomic E-state index is 12.6. The second kappa shape index (κ2) is 5.69. The van der Waals surface area contributed by atoms with Crippen LogP contribution in [0.15, 0.2) is 23.1 Å². The highest BCUT2D eigenvalue weighted by Crippen LogP contribution is 2.39. The molecule has 0 saturated carbocycles. The van der Waals surface area contributed by atoms with Gasteiger partial charge in [-0.25, -0.2) is 0 Å². The molecule has 3 rings (SSSR count). The van der Waals surface area contributed by atoms with Crippen LogP contribution in [0.25, 0.3) is 10.9 Å². The number of hydrogen-bond donors (Lipinski definition) is 0. The van der Waals surface area contributed by atoms with Crippen molar-refractivity contribution < 1.29 is 30.6 Å². The summed E-state index contributed by atoms with van der Waals surface area (Å²) in [4.78, 5) is 12.3. The summed E-state index contributed by atoms with van der Waals surface area (Å²) in [6.45, 7) is 1.71. The third kappa shape index (κ3) is 2.88. The van der Waals surface area contributed by atoms with Crippen LogP contribution in [-0.2, 0) is 16.7 Å². The quantitative estimate of drug-likeness (QED) is 0.463. The van der Waals surface area contributed by atoms with Crippen molar-refractivity contribution in [2.75, 3.05) is 5.75 Å².